The minimum Gasteiger partial charge on any atom is -0.501 e. The molecule has 0 saturated heterocycles. The molecule has 0 saturated carbocycles. The van der Waals surface area contributed by atoms with Gasteiger partial charge in [0, 0.05) is 13.0 Å². The molecule has 2 heterocycles. The van der Waals surface area contributed by atoms with Crippen LogP contribution in [0.4, 0.5) is 4.39 Å². The number of nitrogens with zero attached hydrogens (tertiary/aromatic N) is 2. The molecule has 0 radical (unpaired) electrons. The van der Waals surface area contributed by atoms with Crippen molar-refractivity contribution in [3.05, 3.63) is 45.9 Å². The molecule has 7 nitrogen and oxygen atoms in total. The highest BCUT2D eigenvalue weighted by Gasteiger charge is 2.26. The molecule has 1 aliphatic carbocycles. The molecular formula is C18H22FN3O4. The molecule has 8 heteroatoms. The second kappa shape index (κ2) is 7.82. The van der Waals surface area contributed by atoms with Gasteiger partial charge >= 0.3 is 0 Å². The lowest BCUT2D eigenvalue weighted by Crippen LogP contribution is -2.35. The molecule has 2 atom stereocenters. The number of nitrogens with one attached hydrogen (secondary N) is 1. The summed E-state index contributed by atoms with van der Waals surface area (Å²) in [5.41, 5.74) is -0.903. The van der Waals surface area contributed by atoms with Crippen LogP contribution >= 0.6 is 0 Å². The zero-order valence-corrected chi connectivity index (χ0v) is 14.6. The Morgan fingerprint density at radius 1 is 1.54 bits per heavy atom. The molecule has 0 bridgehead atoms. The predicted molar refractivity (Wildman–Crippen MR) is 92.8 cm³/mol. The van der Waals surface area contributed by atoms with E-state index in [1.165, 1.54) is 16.7 Å². The maximum absolute atomic E-state index is 13.0. The van der Waals surface area contributed by atoms with E-state index in [2.05, 4.69) is 10.3 Å². The Hall–Kier alpha value is -2.48. The Morgan fingerprint density at radius 2 is 2.35 bits per heavy atom. The van der Waals surface area contributed by atoms with Gasteiger partial charge in [-0.05, 0) is 30.9 Å². The predicted octanol–water partition coefficient (Wildman–Crippen LogP) is 1.63. The van der Waals surface area contributed by atoms with Crippen molar-refractivity contribution in [2.24, 2.45) is 5.92 Å². The van der Waals surface area contributed by atoms with E-state index < -0.39 is 17.2 Å². The molecule has 1 aromatic rings. The van der Waals surface area contributed by atoms with Crippen LogP contribution in [0.15, 0.2) is 28.8 Å². The first kappa shape index (κ1) is 18.3. The van der Waals surface area contributed by atoms with Gasteiger partial charge in [0.15, 0.2) is 5.69 Å². The van der Waals surface area contributed by atoms with Crippen LogP contribution in [0.1, 0.15) is 42.1 Å². The SMILES string of the molecule is CC[C@H]1COCCc2nc(C(=O)NCC3C=CC(F)=CC3)c(O)c(=O)n21. The molecule has 26 heavy (non-hydrogen) atoms. The Labute approximate surface area is 150 Å². The lowest BCUT2D eigenvalue weighted by molar-refractivity contribution is 0.0940. The second-order valence-corrected chi connectivity index (χ2v) is 6.44. The zero-order chi connectivity index (χ0) is 18.7. The van der Waals surface area contributed by atoms with E-state index in [-0.39, 0.29) is 30.0 Å². The lowest BCUT2D eigenvalue weighted by atomic mass is 10.0. The number of fused-ring (bicyclic) bond motifs is 1. The van der Waals surface area contributed by atoms with E-state index in [0.29, 0.717) is 38.3 Å². The number of hydrogen-bond donors (Lipinski definition) is 2. The van der Waals surface area contributed by atoms with E-state index in [1.807, 2.05) is 6.92 Å². The third-order valence-corrected chi connectivity index (χ3v) is 4.66. The van der Waals surface area contributed by atoms with Crippen LogP contribution in [-0.2, 0) is 11.2 Å². The van der Waals surface area contributed by atoms with Crippen molar-refractivity contribution < 1.29 is 19.0 Å². The molecule has 1 aliphatic heterocycles. The fraction of sp³-hybridized carbons (Fsp3) is 0.500. The third kappa shape index (κ3) is 3.70. The van der Waals surface area contributed by atoms with Crippen molar-refractivity contribution >= 4 is 5.91 Å². The molecule has 1 unspecified atom stereocenters. The minimum absolute atomic E-state index is 0.0413. The first-order valence-corrected chi connectivity index (χ1v) is 8.75. The zero-order valence-electron chi connectivity index (χ0n) is 14.6. The summed E-state index contributed by atoms with van der Waals surface area (Å²) in [6.07, 6.45) is 6.00. The van der Waals surface area contributed by atoms with Gasteiger partial charge in [0.05, 0.1) is 19.3 Å². The average molecular weight is 363 g/mol. The number of carbonyl (C=O) groups is 1. The molecular weight excluding hydrogens is 341 g/mol. The van der Waals surface area contributed by atoms with Gasteiger partial charge in [-0.25, -0.2) is 9.37 Å². The Balaban J connectivity index is 1.81. The van der Waals surface area contributed by atoms with Crippen molar-refractivity contribution in [2.45, 2.75) is 32.2 Å². The van der Waals surface area contributed by atoms with Gasteiger partial charge in [-0.2, -0.15) is 0 Å². The van der Waals surface area contributed by atoms with Gasteiger partial charge in [-0.3, -0.25) is 14.2 Å². The molecule has 0 aromatic carbocycles. The fourth-order valence-corrected chi connectivity index (χ4v) is 3.13. The third-order valence-electron chi connectivity index (χ3n) is 4.66. The van der Waals surface area contributed by atoms with Crippen LogP contribution in [0.5, 0.6) is 5.75 Å². The molecule has 0 spiro atoms. The maximum Gasteiger partial charge on any atom is 0.296 e. The van der Waals surface area contributed by atoms with Crippen molar-refractivity contribution in [3.63, 3.8) is 0 Å². The number of allylic oxidation sites excluding steroid dienone is 3. The number of amides is 1. The monoisotopic (exact) mass is 363 g/mol. The van der Waals surface area contributed by atoms with Crippen molar-refractivity contribution in [2.75, 3.05) is 19.8 Å². The Morgan fingerprint density at radius 3 is 3.04 bits per heavy atom. The minimum atomic E-state index is -0.656. The van der Waals surface area contributed by atoms with Crippen molar-refractivity contribution in [3.8, 4) is 5.75 Å². The highest BCUT2D eigenvalue weighted by atomic mass is 19.1. The average Bonchev–Trinajstić information content (AvgIpc) is 2.86. The molecule has 2 aliphatic rings. The number of hydrogen-bond acceptors (Lipinski definition) is 5. The lowest BCUT2D eigenvalue weighted by Gasteiger charge is -2.19. The second-order valence-electron chi connectivity index (χ2n) is 6.44. The summed E-state index contributed by atoms with van der Waals surface area (Å²) < 4.78 is 19.9. The number of ether oxygens (including phenoxy) is 1. The number of halogens is 1. The van der Waals surface area contributed by atoms with Crippen LogP contribution in [0.3, 0.4) is 0 Å². The normalized spacial score (nSPS) is 22.3. The number of aromatic hydroxyl groups is 1. The first-order chi connectivity index (χ1) is 12.5. The summed E-state index contributed by atoms with van der Waals surface area (Å²) in [4.78, 5) is 29.2. The first-order valence-electron chi connectivity index (χ1n) is 8.75. The van der Waals surface area contributed by atoms with E-state index in [4.69, 9.17) is 4.74 Å². The standard InChI is InChI=1S/C18H22FN3O4/c1-2-13-10-26-8-7-14-21-15(16(23)18(25)22(13)14)17(24)20-9-11-3-5-12(19)6-4-11/h3,5-6,11,13,23H,2,4,7-10H2,1H3,(H,20,24)/t11?,13-/m0/s1. The molecule has 0 fully saturated rings. The molecule has 1 aromatic heterocycles. The van der Waals surface area contributed by atoms with E-state index in [1.54, 1.807) is 6.08 Å². The molecule has 3 rings (SSSR count). The summed E-state index contributed by atoms with van der Waals surface area (Å²) in [5, 5.41) is 12.9. The smallest absolute Gasteiger partial charge is 0.296 e. The number of carbonyl (C=O) groups excluding carboxylic acids is 1. The Bertz CT molecular complexity index is 815. The van der Waals surface area contributed by atoms with Crippen LogP contribution < -0.4 is 10.9 Å². The van der Waals surface area contributed by atoms with Crippen LogP contribution in [0, 0.1) is 5.92 Å². The van der Waals surface area contributed by atoms with Gasteiger partial charge < -0.3 is 15.2 Å². The fourth-order valence-electron chi connectivity index (χ4n) is 3.13. The quantitative estimate of drug-likeness (QED) is 0.848. The van der Waals surface area contributed by atoms with Gasteiger partial charge in [-0.15, -0.1) is 0 Å². The summed E-state index contributed by atoms with van der Waals surface area (Å²) in [5.74, 6) is -1.18. The van der Waals surface area contributed by atoms with E-state index in [0.717, 1.165) is 0 Å². The largest absolute Gasteiger partial charge is 0.501 e. The van der Waals surface area contributed by atoms with Gasteiger partial charge in [0.25, 0.3) is 11.5 Å². The molecule has 140 valence electrons. The van der Waals surface area contributed by atoms with E-state index >= 15 is 0 Å². The van der Waals surface area contributed by atoms with Crippen LogP contribution in [-0.4, -0.2) is 40.3 Å². The van der Waals surface area contributed by atoms with Crippen LogP contribution in [0.2, 0.25) is 0 Å². The molecule has 2 N–H and O–H groups in total. The van der Waals surface area contributed by atoms with Crippen molar-refractivity contribution in [1.29, 1.82) is 0 Å². The highest BCUT2D eigenvalue weighted by molar-refractivity contribution is 5.94. The topological polar surface area (TPSA) is 93.5 Å². The number of aromatic nitrogens is 2. The van der Waals surface area contributed by atoms with Gasteiger partial charge in [0.2, 0.25) is 5.75 Å². The molecule has 1 amide bonds. The summed E-state index contributed by atoms with van der Waals surface area (Å²) >= 11 is 0. The van der Waals surface area contributed by atoms with Gasteiger partial charge in [0.1, 0.15) is 11.7 Å². The number of rotatable bonds is 4. The summed E-state index contributed by atoms with van der Waals surface area (Å²) in [7, 11) is 0. The van der Waals surface area contributed by atoms with E-state index in [9.17, 15) is 19.1 Å². The summed E-state index contributed by atoms with van der Waals surface area (Å²) in [6.45, 7) is 2.95. The summed E-state index contributed by atoms with van der Waals surface area (Å²) in [6, 6.07) is -0.218. The maximum atomic E-state index is 13.0. The van der Waals surface area contributed by atoms with Crippen LogP contribution in [0.25, 0.3) is 0 Å². The van der Waals surface area contributed by atoms with Crippen molar-refractivity contribution in [1.82, 2.24) is 14.9 Å². The Kier molecular flexibility index (Phi) is 5.51. The van der Waals surface area contributed by atoms with Gasteiger partial charge in [-0.1, -0.05) is 13.0 Å². The highest BCUT2D eigenvalue weighted by Crippen LogP contribution is 2.20.